The first-order valence-corrected chi connectivity index (χ1v) is 9.24. The van der Waals surface area contributed by atoms with Gasteiger partial charge >= 0.3 is 0 Å². The average Bonchev–Trinajstić information content (AvgIpc) is 2.64. The molecule has 0 aromatic heterocycles. The smallest absolute Gasteiger partial charge is 0.239 e. The summed E-state index contributed by atoms with van der Waals surface area (Å²) in [6, 6.07) is 7.36. The van der Waals surface area contributed by atoms with E-state index in [0.29, 0.717) is 5.75 Å². The summed E-state index contributed by atoms with van der Waals surface area (Å²) in [5, 5.41) is 9.37. The molecule has 2 fully saturated rings. The molecule has 2 aliphatic heterocycles. The number of likely N-dealkylation sites (N-methyl/N-ethyl adjacent to an activating group) is 1. The van der Waals surface area contributed by atoms with E-state index in [2.05, 4.69) is 28.7 Å². The van der Waals surface area contributed by atoms with Gasteiger partial charge in [0, 0.05) is 58.9 Å². The highest BCUT2D eigenvalue weighted by Crippen LogP contribution is 2.14. The Balaban J connectivity index is 1.46. The van der Waals surface area contributed by atoms with E-state index < -0.39 is 0 Å². The van der Waals surface area contributed by atoms with Gasteiger partial charge in [-0.25, -0.2) is 0 Å². The van der Waals surface area contributed by atoms with Gasteiger partial charge in [0.05, 0.1) is 6.04 Å². The van der Waals surface area contributed by atoms with Crippen LogP contribution in [0.1, 0.15) is 12.5 Å². The number of phenols is 1. The number of carbonyl (C=O) groups is 1. The van der Waals surface area contributed by atoms with Gasteiger partial charge in [-0.3, -0.25) is 14.6 Å². The quantitative estimate of drug-likeness (QED) is 0.869. The average molecular weight is 346 g/mol. The van der Waals surface area contributed by atoms with Gasteiger partial charge in [0.15, 0.2) is 0 Å². The lowest BCUT2D eigenvalue weighted by Crippen LogP contribution is -2.56. The number of piperazine rings is 2. The molecule has 2 heterocycles. The molecule has 0 spiro atoms. The second-order valence-corrected chi connectivity index (χ2v) is 7.28. The second kappa shape index (κ2) is 8.17. The molecule has 0 bridgehead atoms. The van der Waals surface area contributed by atoms with Crippen LogP contribution in [0.15, 0.2) is 24.3 Å². The number of hydrogen-bond acceptors (Lipinski definition) is 5. The highest BCUT2D eigenvalue weighted by atomic mass is 16.3. The Hall–Kier alpha value is -1.63. The third-order valence-electron chi connectivity index (χ3n) is 5.47. The van der Waals surface area contributed by atoms with E-state index in [0.717, 1.165) is 58.9 Å². The molecule has 1 N–H and O–H groups in total. The van der Waals surface area contributed by atoms with E-state index in [9.17, 15) is 9.90 Å². The summed E-state index contributed by atoms with van der Waals surface area (Å²) >= 11 is 0. The van der Waals surface area contributed by atoms with Crippen molar-refractivity contribution in [3.63, 3.8) is 0 Å². The topological polar surface area (TPSA) is 50.3 Å². The molecule has 1 aromatic carbocycles. The van der Waals surface area contributed by atoms with Crippen molar-refractivity contribution in [3.8, 4) is 5.75 Å². The predicted octanol–water partition coefficient (Wildman–Crippen LogP) is 0.672. The standard InChI is InChI=1S/C19H30N4O2/c1-16(22-11-7-20(2)8-12-22)19(25)23-13-9-21(10-14-23)15-17-3-5-18(24)6-4-17/h3-6,16,24H,7-15H2,1-2H3/t16-/m0/s1. The van der Waals surface area contributed by atoms with Crippen molar-refractivity contribution in [2.45, 2.75) is 19.5 Å². The number of phenolic OH excluding ortho intramolecular Hbond substituents is 1. The van der Waals surface area contributed by atoms with Crippen LogP contribution in [0, 0.1) is 0 Å². The minimum absolute atomic E-state index is 0.0163. The summed E-state index contributed by atoms with van der Waals surface area (Å²) in [6.45, 7) is 10.4. The maximum Gasteiger partial charge on any atom is 0.239 e. The maximum atomic E-state index is 12.8. The van der Waals surface area contributed by atoms with Gasteiger partial charge in [-0.1, -0.05) is 12.1 Å². The summed E-state index contributed by atoms with van der Waals surface area (Å²) in [7, 11) is 2.14. The molecule has 6 nitrogen and oxygen atoms in total. The fraction of sp³-hybridized carbons (Fsp3) is 0.632. The van der Waals surface area contributed by atoms with E-state index in [1.807, 2.05) is 17.0 Å². The summed E-state index contributed by atoms with van der Waals surface area (Å²) in [6.07, 6.45) is 0. The first kappa shape index (κ1) is 18.2. The van der Waals surface area contributed by atoms with Crippen LogP contribution in [0.4, 0.5) is 0 Å². The van der Waals surface area contributed by atoms with Crippen molar-refractivity contribution in [2.75, 3.05) is 59.4 Å². The van der Waals surface area contributed by atoms with E-state index >= 15 is 0 Å². The molecule has 0 unspecified atom stereocenters. The minimum Gasteiger partial charge on any atom is -0.508 e. The third-order valence-corrected chi connectivity index (χ3v) is 5.47. The molecule has 0 saturated carbocycles. The number of nitrogens with zero attached hydrogens (tertiary/aromatic N) is 4. The lowest BCUT2D eigenvalue weighted by Gasteiger charge is -2.40. The van der Waals surface area contributed by atoms with Crippen molar-refractivity contribution >= 4 is 5.91 Å². The lowest BCUT2D eigenvalue weighted by atomic mass is 10.1. The highest BCUT2D eigenvalue weighted by Gasteiger charge is 2.29. The van der Waals surface area contributed by atoms with Crippen LogP contribution in [0.3, 0.4) is 0 Å². The Morgan fingerprint density at radius 2 is 1.60 bits per heavy atom. The van der Waals surface area contributed by atoms with E-state index in [4.69, 9.17) is 0 Å². The van der Waals surface area contributed by atoms with Gasteiger partial charge in [0.1, 0.15) is 5.75 Å². The van der Waals surface area contributed by atoms with Gasteiger partial charge in [0.2, 0.25) is 5.91 Å². The molecular formula is C19H30N4O2. The Morgan fingerprint density at radius 3 is 2.20 bits per heavy atom. The molecule has 25 heavy (non-hydrogen) atoms. The molecule has 0 aliphatic carbocycles. The first-order chi connectivity index (χ1) is 12.0. The maximum absolute atomic E-state index is 12.8. The van der Waals surface area contributed by atoms with Gasteiger partial charge < -0.3 is 14.9 Å². The number of benzene rings is 1. The van der Waals surface area contributed by atoms with Crippen molar-refractivity contribution in [1.29, 1.82) is 0 Å². The summed E-state index contributed by atoms with van der Waals surface area (Å²) in [5.41, 5.74) is 1.20. The number of aromatic hydroxyl groups is 1. The van der Waals surface area contributed by atoms with E-state index in [1.165, 1.54) is 5.56 Å². The van der Waals surface area contributed by atoms with Crippen molar-refractivity contribution < 1.29 is 9.90 Å². The van der Waals surface area contributed by atoms with Crippen LogP contribution in [-0.4, -0.2) is 96.1 Å². The number of rotatable bonds is 4. The summed E-state index contributed by atoms with van der Waals surface area (Å²) < 4.78 is 0. The Labute approximate surface area is 150 Å². The zero-order chi connectivity index (χ0) is 17.8. The largest absolute Gasteiger partial charge is 0.508 e. The molecule has 6 heteroatoms. The molecule has 3 rings (SSSR count). The van der Waals surface area contributed by atoms with Gasteiger partial charge in [0.25, 0.3) is 0 Å². The fourth-order valence-corrected chi connectivity index (χ4v) is 3.62. The molecule has 1 amide bonds. The van der Waals surface area contributed by atoms with Crippen LogP contribution in [0.5, 0.6) is 5.75 Å². The number of amides is 1. The zero-order valence-corrected chi connectivity index (χ0v) is 15.4. The number of carbonyl (C=O) groups excluding carboxylic acids is 1. The monoisotopic (exact) mass is 346 g/mol. The van der Waals surface area contributed by atoms with E-state index in [-0.39, 0.29) is 11.9 Å². The highest BCUT2D eigenvalue weighted by molar-refractivity contribution is 5.81. The van der Waals surface area contributed by atoms with Crippen molar-refractivity contribution in [1.82, 2.24) is 19.6 Å². The van der Waals surface area contributed by atoms with Crippen LogP contribution in [0.2, 0.25) is 0 Å². The molecule has 0 radical (unpaired) electrons. The molecule has 2 aliphatic rings. The Bertz CT molecular complexity index is 561. The van der Waals surface area contributed by atoms with Gasteiger partial charge in [-0.05, 0) is 31.7 Å². The first-order valence-electron chi connectivity index (χ1n) is 9.24. The van der Waals surface area contributed by atoms with E-state index in [1.54, 1.807) is 12.1 Å². The number of hydrogen-bond donors (Lipinski definition) is 1. The van der Waals surface area contributed by atoms with Crippen LogP contribution in [0.25, 0.3) is 0 Å². The lowest BCUT2D eigenvalue weighted by molar-refractivity contribution is -0.138. The summed E-state index contributed by atoms with van der Waals surface area (Å²) in [5.74, 6) is 0.575. The Morgan fingerprint density at radius 1 is 1.00 bits per heavy atom. The third kappa shape index (κ3) is 4.71. The second-order valence-electron chi connectivity index (χ2n) is 7.28. The molecule has 138 valence electrons. The van der Waals surface area contributed by atoms with Crippen LogP contribution >= 0.6 is 0 Å². The molecular weight excluding hydrogens is 316 g/mol. The molecule has 2 saturated heterocycles. The van der Waals surface area contributed by atoms with Crippen LogP contribution < -0.4 is 0 Å². The predicted molar refractivity (Wildman–Crippen MR) is 98.5 cm³/mol. The SMILES string of the molecule is C[C@@H](C(=O)N1CCN(Cc2ccc(O)cc2)CC1)N1CCN(C)CC1. The minimum atomic E-state index is -0.0163. The zero-order valence-electron chi connectivity index (χ0n) is 15.4. The Kier molecular flexibility index (Phi) is 5.93. The van der Waals surface area contributed by atoms with Gasteiger partial charge in [-0.2, -0.15) is 0 Å². The molecule has 1 aromatic rings. The summed E-state index contributed by atoms with van der Waals surface area (Å²) in [4.78, 5) is 21.8. The normalized spacial score (nSPS) is 22.1. The fourth-order valence-electron chi connectivity index (χ4n) is 3.62. The van der Waals surface area contributed by atoms with Crippen molar-refractivity contribution in [3.05, 3.63) is 29.8 Å². The van der Waals surface area contributed by atoms with Crippen LogP contribution in [-0.2, 0) is 11.3 Å². The van der Waals surface area contributed by atoms with Gasteiger partial charge in [-0.15, -0.1) is 0 Å². The molecule has 1 atom stereocenters. The van der Waals surface area contributed by atoms with Crippen molar-refractivity contribution in [2.24, 2.45) is 0 Å².